The Bertz CT molecular complexity index is 1170. The van der Waals surface area contributed by atoms with Gasteiger partial charge < -0.3 is 9.64 Å². The van der Waals surface area contributed by atoms with E-state index in [1.807, 2.05) is 47.4 Å². The zero-order valence-electron chi connectivity index (χ0n) is 16.7. The summed E-state index contributed by atoms with van der Waals surface area (Å²) in [5.41, 5.74) is 2.72. The van der Waals surface area contributed by atoms with Gasteiger partial charge in [-0.2, -0.15) is 0 Å². The Balaban J connectivity index is 1.69. The van der Waals surface area contributed by atoms with Gasteiger partial charge in [0.05, 0.1) is 7.11 Å². The molecule has 0 atom stereocenters. The smallest absolute Gasteiger partial charge is 0.254 e. The van der Waals surface area contributed by atoms with Crippen molar-refractivity contribution in [3.63, 3.8) is 0 Å². The summed E-state index contributed by atoms with van der Waals surface area (Å²) in [6, 6.07) is 29.3. The van der Waals surface area contributed by atoms with E-state index in [1.54, 1.807) is 31.4 Å². The lowest BCUT2D eigenvalue weighted by atomic mass is 10.0. The molecule has 3 nitrogen and oxygen atoms in total. The standard InChI is InChI=1S/C26H22ClNO2/c1-30-24-14-12-19(13-15-24)17-28(26(29)21-8-5-10-23(27)16-21)18-22-9-4-7-20-6-2-3-11-25(20)22/h2-16H,17-18H2,1H3. The van der Waals surface area contributed by atoms with Crippen molar-refractivity contribution in [1.29, 1.82) is 0 Å². The van der Waals surface area contributed by atoms with E-state index in [9.17, 15) is 4.79 Å². The Hall–Kier alpha value is -3.30. The monoisotopic (exact) mass is 415 g/mol. The molecule has 0 aliphatic rings. The molecule has 0 saturated carbocycles. The zero-order chi connectivity index (χ0) is 20.9. The van der Waals surface area contributed by atoms with Crippen LogP contribution in [0.5, 0.6) is 5.75 Å². The lowest BCUT2D eigenvalue weighted by Gasteiger charge is -2.24. The maximum absolute atomic E-state index is 13.4. The van der Waals surface area contributed by atoms with Crippen molar-refractivity contribution in [3.8, 4) is 5.75 Å². The number of rotatable bonds is 6. The zero-order valence-corrected chi connectivity index (χ0v) is 17.5. The van der Waals surface area contributed by atoms with Crippen molar-refractivity contribution in [2.75, 3.05) is 7.11 Å². The molecular formula is C26H22ClNO2. The second-order valence-electron chi connectivity index (χ2n) is 7.16. The highest BCUT2D eigenvalue weighted by Gasteiger charge is 2.18. The molecule has 4 aromatic carbocycles. The molecule has 0 radical (unpaired) electrons. The number of ether oxygens (including phenoxy) is 1. The molecule has 4 rings (SSSR count). The highest BCUT2D eigenvalue weighted by molar-refractivity contribution is 6.30. The summed E-state index contributed by atoms with van der Waals surface area (Å²) in [4.78, 5) is 15.3. The molecule has 0 spiro atoms. The predicted octanol–water partition coefficient (Wildman–Crippen LogP) is 6.34. The van der Waals surface area contributed by atoms with E-state index in [1.165, 1.54) is 0 Å². The number of benzene rings is 4. The molecule has 0 unspecified atom stereocenters. The lowest BCUT2D eigenvalue weighted by Crippen LogP contribution is -2.30. The molecule has 0 saturated heterocycles. The van der Waals surface area contributed by atoms with Crippen LogP contribution in [-0.2, 0) is 13.1 Å². The summed E-state index contributed by atoms with van der Waals surface area (Å²) in [6.45, 7) is 0.983. The van der Waals surface area contributed by atoms with Crippen molar-refractivity contribution in [2.45, 2.75) is 13.1 Å². The van der Waals surface area contributed by atoms with E-state index in [4.69, 9.17) is 16.3 Å². The normalized spacial score (nSPS) is 10.7. The number of carbonyl (C=O) groups excluding carboxylic acids is 1. The van der Waals surface area contributed by atoms with Gasteiger partial charge in [-0.15, -0.1) is 0 Å². The lowest BCUT2D eigenvalue weighted by molar-refractivity contribution is 0.0730. The molecule has 30 heavy (non-hydrogen) atoms. The van der Waals surface area contributed by atoms with Crippen molar-refractivity contribution < 1.29 is 9.53 Å². The Labute approximate surface area is 181 Å². The second-order valence-corrected chi connectivity index (χ2v) is 7.59. The molecule has 4 aromatic rings. The molecule has 0 aromatic heterocycles. The Morgan fingerprint density at radius 2 is 1.60 bits per heavy atom. The minimum atomic E-state index is -0.0544. The van der Waals surface area contributed by atoms with Gasteiger partial charge in [0, 0.05) is 23.7 Å². The molecule has 0 N–H and O–H groups in total. The van der Waals surface area contributed by atoms with Gasteiger partial charge in [0.25, 0.3) is 5.91 Å². The number of nitrogens with zero attached hydrogens (tertiary/aromatic N) is 1. The van der Waals surface area contributed by atoms with Crippen LogP contribution in [0.3, 0.4) is 0 Å². The van der Waals surface area contributed by atoms with Gasteiger partial charge in [0.15, 0.2) is 0 Å². The van der Waals surface area contributed by atoms with Crippen LogP contribution in [0.1, 0.15) is 21.5 Å². The summed E-state index contributed by atoms with van der Waals surface area (Å²) in [6.07, 6.45) is 0. The average Bonchev–Trinajstić information content (AvgIpc) is 2.79. The van der Waals surface area contributed by atoms with Crippen LogP contribution in [0.25, 0.3) is 10.8 Å². The number of fused-ring (bicyclic) bond motifs is 1. The minimum absolute atomic E-state index is 0.0544. The quantitative estimate of drug-likeness (QED) is 0.367. The van der Waals surface area contributed by atoms with E-state index < -0.39 is 0 Å². The fraction of sp³-hybridized carbons (Fsp3) is 0.115. The first-order chi connectivity index (χ1) is 14.6. The summed E-state index contributed by atoms with van der Waals surface area (Å²) in [7, 11) is 1.64. The number of hydrogen-bond acceptors (Lipinski definition) is 2. The van der Waals surface area contributed by atoms with Crippen LogP contribution in [0.4, 0.5) is 0 Å². The highest BCUT2D eigenvalue weighted by atomic mass is 35.5. The summed E-state index contributed by atoms with van der Waals surface area (Å²) >= 11 is 6.14. The van der Waals surface area contributed by atoms with Gasteiger partial charge in [-0.25, -0.2) is 0 Å². The SMILES string of the molecule is COc1ccc(CN(Cc2cccc3ccccc23)C(=O)c2cccc(Cl)c2)cc1. The number of amides is 1. The first-order valence-electron chi connectivity index (χ1n) is 9.78. The Kier molecular flexibility index (Phi) is 6.01. The number of methoxy groups -OCH3 is 1. The van der Waals surface area contributed by atoms with Crippen LogP contribution in [0.15, 0.2) is 91.0 Å². The number of carbonyl (C=O) groups is 1. The second kappa shape index (κ2) is 9.02. The third kappa shape index (κ3) is 4.47. The third-order valence-electron chi connectivity index (χ3n) is 5.13. The maximum atomic E-state index is 13.4. The summed E-state index contributed by atoms with van der Waals surface area (Å²) in [5.74, 6) is 0.738. The first-order valence-corrected chi connectivity index (χ1v) is 10.2. The van der Waals surface area contributed by atoms with E-state index in [2.05, 4.69) is 24.3 Å². The molecular weight excluding hydrogens is 394 g/mol. The van der Waals surface area contributed by atoms with E-state index >= 15 is 0 Å². The van der Waals surface area contributed by atoms with Crippen LogP contribution in [0.2, 0.25) is 5.02 Å². The van der Waals surface area contributed by atoms with Gasteiger partial charge in [0.1, 0.15) is 5.75 Å². The van der Waals surface area contributed by atoms with Gasteiger partial charge in [0.2, 0.25) is 0 Å². The largest absolute Gasteiger partial charge is 0.497 e. The molecule has 4 heteroatoms. The van der Waals surface area contributed by atoms with Crippen molar-refractivity contribution >= 4 is 28.3 Å². The van der Waals surface area contributed by atoms with Crippen LogP contribution in [-0.4, -0.2) is 17.9 Å². The molecule has 0 fully saturated rings. The van der Waals surface area contributed by atoms with Crippen molar-refractivity contribution in [3.05, 3.63) is 113 Å². The molecule has 0 heterocycles. The predicted molar refractivity (Wildman–Crippen MR) is 122 cm³/mol. The summed E-state index contributed by atoms with van der Waals surface area (Å²) < 4.78 is 5.25. The summed E-state index contributed by atoms with van der Waals surface area (Å²) in [5, 5.41) is 2.86. The van der Waals surface area contributed by atoms with Crippen molar-refractivity contribution in [2.24, 2.45) is 0 Å². The van der Waals surface area contributed by atoms with Crippen LogP contribution < -0.4 is 4.74 Å². The molecule has 0 aliphatic heterocycles. The Morgan fingerprint density at radius 3 is 2.37 bits per heavy atom. The third-order valence-corrected chi connectivity index (χ3v) is 5.37. The van der Waals surface area contributed by atoms with Gasteiger partial charge in [-0.1, -0.05) is 72.3 Å². The van der Waals surface area contributed by atoms with Crippen LogP contribution >= 0.6 is 11.6 Å². The average molecular weight is 416 g/mol. The molecule has 1 amide bonds. The van der Waals surface area contributed by atoms with E-state index in [-0.39, 0.29) is 5.91 Å². The van der Waals surface area contributed by atoms with Gasteiger partial charge >= 0.3 is 0 Å². The van der Waals surface area contributed by atoms with Crippen LogP contribution in [0, 0.1) is 0 Å². The maximum Gasteiger partial charge on any atom is 0.254 e. The van der Waals surface area contributed by atoms with Crippen molar-refractivity contribution in [1.82, 2.24) is 4.90 Å². The molecule has 0 bridgehead atoms. The van der Waals surface area contributed by atoms with Gasteiger partial charge in [-0.3, -0.25) is 4.79 Å². The fourth-order valence-corrected chi connectivity index (χ4v) is 3.78. The number of hydrogen-bond donors (Lipinski definition) is 0. The number of halogens is 1. The van der Waals surface area contributed by atoms with Gasteiger partial charge in [-0.05, 0) is 52.2 Å². The molecule has 150 valence electrons. The molecule has 0 aliphatic carbocycles. The topological polar surface area (TPSA) is 29.5 Å². The van der Waals surface area contributed by atoms with E-state index in [0.29, 0.717) is 23.7 Å². The first kappa shape index (κ1) is 20.0. The highest BCUT2D eigenvalue weighted by Crippen LogP contribution is 2.23. The van der Waals surface area contributed by atoms with E-state index in [0.717, 1.165) is 27.6 Å². The Morgan fingerprint density at radius 1 is 0.867 bits per heavy atom. The minimum Gasteiger partial charge on any atom is -0.497 e. The fourth-order valence-electron chi connectivity index (χ4n) is 3.59.